The first-order chi connectivity index (χ1) is 15.6. The normalized spacial score (nSPS) is 16.3. The molecule has 3 heterocycles. The fourth-order valence-corrected chi connectivity index (χ4v) is 4.47. The van der Waals surface area contributed by atoms with Crippen LogP contribution >= 0.6 is 11.6 Å². The Hall–Kier alpha value is -3.15. The van der Waals surface area contributed by atoms with Gasteiger partial charge in [-0.25, -0.2) is 4.98 Å². The van der Waals surface area contributed by atoms with Gasteiger partial charge in [-0.05, 0) is 46.9 Å². The summed E-state index contributed by atoms with van der Waals surface area (Å²) in [6.45, 7) is 3.66. The maximum atomic E-state index is 12.3. The molecule has 0 saturated carbocycles. The minimum absolute atomic E-state index is 0.000827. The molecule has 0 unspecified atom stereocenters. The second-order valence-electron chi connectivity index (χ2n) is 8.33. The molecule has 5 rings (SSSR count). The van der Waals surface area contributed by atoms with Gasteiger partial charge in [-0.3, -0.25) is 9.69 Å². The fraction of sp³-hybridized carbons (Fsp3) is 0.231. The highest BCUT2D eigenvalue weighted by Gasteiger charge is 2.24. The average Bonchev–Trinajstić information content (AvgIpc) is 2.80. The number of fused-ring (bicyclic) bond motifs is 1. The summed E-state index contributed by atoms with van der Waals surface area (Å²) in [5.74, 6) is 0.835. The van der Waals surface area contributed by atoms with Gasteiger partial charge in [0.25, 0.3) is 0 Å². The van der Waals surface area contributed by atoms with Gasteiger partial charge in [-0.1, -0.05) is 60.1 Å². The molecule has 6 heteroatoms. The Kier molecular flexibility index (Phi) is 5.93. The van der Waals surface area contributed by atoms with Crippen molar-refractivity contribution in [1.29, 1.82) is 0 Å². The summed E-state index contributed by atoms with van der Waals surface area (Å²) in [6.07, 6.45) is 5.23. The van der Waals surface area contributed by atoms with Crippen LogP contribution in [0.4, 0.5) is 11.5 Å². The molecular weight excluding hydrogens is 420 g/mol. The third-order valence-corrected chi connectivity index (χ3v) is 6.21. The first-order valence-corrected chi connectivity index (χ1v) is 11.3. The maximum Gasteiger partial charge on any atom is 0.244 e. The Morgan fingerprint density at radius 3 is 2.56 bits per heavy atom. The summed E-state index contributed by atoms with van der Waals surface area (Å²) in [5, 5.41) is 3.77. The Morgan fingerprint density at radius 1 is 1.00 bits per heavy atom. The van der Waals surface area contributed by atoms with Crippen LogP contribution in [0.1, 0.15) is 23.1 Å². The lowest BCUT2D eigenvalue weighted by Gasteiger charge is -2.31. The summed E-state index contributed by atoms with van der Waals surface area (Å²) in [7, 11) is 0. The molecule has 2 aliphatic heterocycles. The molecule has 32 heavy (non-hydrogen) atoms. The van der Waals surface area contributed by atoms with E-state index >= 15 is 0 Å². The second kappa shape index (κ2) is 9.15. The molecule has 1 aromatic heterocycles. The van der Waals surface area contributed by atoms with E-state index in [1.54, 1.807) is 0 Å². The minimum Gasteiger partial charge on any atom is -0.341 e. The smallest absolute Gasteiger partial charge is 0.244 e. The summed E-state index contributed by atoms with van der Waals surface area (Å²) >= 11 is 6.01. The predicted molar refractivity (Wildman–Crippen MR) is 130 cm³/mol. The van der Waals surface area contributed by atoms with Gasteiger partial charge in [0, 0.05) is 37.4 Å². The Balaban J connectivity index is 1.27. The molecule has 0 saturated heterocycles. The SMILES string of the molecule is O=C1CN(Cc2ccccc2)c2ncc(CN3CC=C(c4ccc(Cl)cc4)CC3)cc2N1. The van der Waals surface area contributed by atoms with Crippen LogP contribution in [0.25, 0.3) is 5.57 Å². The number of halogens is 1. The number of anilines is 2. The molecule has 0 atom stereocenters. The summed E-state index contributed by atoms with van der Waals surface area (Å²) in [4.78, 5) is 21.5. The van der Waals surface area contributed by atoms with Crippen LogP contribution in [0.15, 0.2) is 72.9 Å². The number of amides is 1. The van der Waals surface area contributed by atoms with Crippen molar-refractivity contribution in [1.82, 2.24) is 9.88 Å². The highest BCUT2D eigenvalue weighted by atomic mass is 35.5. The number of hydrogen-bond acceptors (Lipinski definition) is 4. The van der Waals surface area contributed by atoms with Crippen molar-refractivity contribution in [3.05, 3.63) is 94.6 Å². The van der Waals surface area contributed by atoms with E-state index in [1.807, 2.05) is 41.4 Å². The second-order valence-corrected chi connectivity index (χ2v) is 8.76. The largest absolute Gasteiger partial charge is 0.341 e. The molecule has 1 N–H and O–H groups in total. The first-order valence-electron chi connectivity index (χ1n) is 10.9. The van der Waals surface area contributed by atoms with Crippen molar-refractivity contribution >= 4 is 34.6 Å². The first kappa shape index (κ1) is 20.7. The number of pyridine rings is 1. The van der Waals surface area contributed by atoms with E-state index in [1.165, 1.54) is 11.1 Å². The third-order valence-electron chi connectivity index (χ3n) is 5.96. The van der Waals surface area contributed by atoms with Crippen LogP contribution in [-0.4, -0.2) is 35.4 Å². The number of nitrogens with zero attached hydrogens (tertiary/aromatic N) is 3. The van der Waals surface area contributed by atoms with Gasteiger partial charge in [0.1, 0.15) is 0 Å². The van der Waals surface area contributed by atoms with Gasteiger partial charge < -0.3 is 10.2 Å². The van der Waals surface area contributed by atoms with Gasteiger partial charge in [0.05, 0.1) is 12.2 Å². The number of carbonyl (C=O) groups excluding carboxylic acids is 1. The molecule has 0 bridgehead atoms. The fourth-order valence-electron chi connectivity index (χ4n) is 4.34. The van der Waals surface area contributed by atoms with E-state index in [0.29, 0.717) is 13.1 Å². The zero-order chi connectivity index (χ0) is 21.9. The van der Waals surface area contributed by atoms with Gasteiger partial charge in [0.2, 0.25) is 5.91 Å². The lowest BCUT2D eigenvalue weighted by molar-refractivity contribution is -0.115. The zero-order valence-corrected chi connectivity index (χ0v) is 18.6. The summed E-state index contributed by atoms with van der Waals surface area (Å²) in [5.41, 5.74) is 5.67. The van der Waals surface area contributed by atoms with Crippen molar-refractivity contribution in [2.75, 3.05) is 29.9 Å². The number of nitrogens with one attached hydrogen (secondary N) is 1. The molecule has 1 amide bonds. The standard InChI is InChI=1S/C26H25ClN4O/c27-23-8-6-21(7-9-23)22-10-12-30(13-11-22)16-20-14-24-26(28-15-20)31(18-25(32)29-24)17-19-4-2-1-3-5-19/h1-10,14-15H,11-13,16-18H2,(H,29,32). The predicted octanol–water partition coefficient (Wildman–Crippen LogP) is 4.98. The molecule has 162 valence electrons. The van der Waals surface area contributed by atoms with Crippen LogP contribution in [0.3, 0.4) is 0 Å². The number of carbonyl (C=O) groups is 1. The Morgan fingerprint density at radius 2 is 1.81 bits per heavy atom. The lowest BCUT2D eigenvalue weighted by atomic mass is 9.99. The van der Waals surface area contributed by atoms with Gasteiger partial charge >= 0.3 is 0 Å². The summed E-state index contributed by atoms with van der Waals surface area (Å²) in [6, 6.07) is 20.3. The molecular formula is C26H25ClN4O. The van der Waals surface area contributed by atoms with Gasteiger partial charge in [0.15, 0.2) is 5.82 Å². The van der Waals surface area contributed by atoms with E-state index in [-0.39, 0.29) is 5.91 Å². The number of rotatable bonds is 5. The van der Waals surface area contributed by atoms with E-state index in [0.717, 1.165) is 53.7 Å². The van der Waals surface area contributed by atoms with E-state index < -0.39 is 0 Å². The quantitative estimate of drug-likeness (QED) is 0.602. The zero-order valence-electron chi connectivity index (χ0n) is 17.8. The van der Waals surface area contributed by atoms with Gasteiger partial charge in [-0.15, -0.1) is 0 Å². The van der Waals surface area contributed by atoms with Gasteiger partial charge in [-0.2, -0.15) is 0 Å². The lowest BCUT2D eigenvalue weighted by Crippen LogP contribution is -2.38. The number of hydrogen-bond donors (Lipinski definition) is 1. The minimum atomic E-state index is 0.000827. The van der Waals surface area contributed by atoms with Crippen LogP contribution in [0.5, 0.6) is 0 Å². The van der Waals surface area contributed by atoms with Crippen LogP contribution in [-0.2, 0) is 17.9 Å². The Labute approximate surface area is 193 Å². The summed E-state index contributed by atoms with van der Waals surface area (Å²) < 4.78 is 0. The average molecular weight is 445 g/mol. The molecule has 2 aromatic carbocycles. The molecule has 2 aliphatic rings. The van der Waals surface area contributed by atoms with Crippen LogP contribution in [0.2, 0.25) is 5.02 Å². The topological polar surface area (TPSA) is 48.5 Å². The van der Waals surface area contributed by atoms with E-state index in [9.17, 15) is 4.79 Å². The molecule has 5 nitrogen and oxygen atoms in total. The third kappa shape index (κ3) is 4.69. The van der Waals surface area contributed by atoms with E-state index in [2.05, 4.69) is 46.6 Å². The van der Waals surface area contributed by atoms with Crippen LogP contribution < -0.4 is 10.2 Å². The van der Waals surface area contributed by atoms with Crippen molar-refractivity contribution < 1.29 is 4.79 Å². The maximum absolute atomic E-state index is 12.3. The van der Waals surface area contributed by atoms with Crippen LogP contribution in [0, 0.1) is 0 Å². The monoisotopic (exact) mass is 444 g/mol. The van der Waals surface area contributed by atoms with Crippen molar-refractivity contribution in [3.8, 4) is 0 Å². The highest BCUT2D eigenvalue weighted by molar-refractivity contribution is 6.30. The molecule has 3 aromatic rings. The molecule has 0 fully saturated rings. The molecule has 0 radical (unpaired) electrons. The number of benzene rings is 2. The highest BCUT2D eigenvalue weighted by Crippen LogP contribution is 2.30. The molecule has 0 aliphatic carbocycles. The van der Waals surface area contributed by atoms with Crippen molar-refractivity contribution in [3.63, 3.8) is 0 Å². The molecule has 0 spiro atoms. The number of aromatic nitrogens is 1. The van der Waals surface area contributed by atoms with Crippen molar-refractivity contribution in [2.24, 2.45) is 0 Å². The van der Waals surface area contributed by atoms with E-state index in [4.69, 9.17) is 16.6 Å². The Bertz CT molecular complexity index is 1140. The van der Waals surface area contributed by atoms with Crippen molar-refractivity contribution in [2.45, 2.75) is 19.5 Å².